The monoisotopic (exact) mass is 494 g/mol. The zero-order valence-corrected chi connectivity index (χ0v) is 20.4. The Labute approximate surface area is 203 Å². The Morgan fingerprint density at radius 3 is 2.29 bits per heavy atom. The molecule has 8 nitrogen and oxygen atoms in total. The van der Waals surface area contributed by atoms with Crippen molar-refractivity contribution in [2.45, 2.75) is 19.3 Å². The fraction of sp³-hybridized carbons (Fsp3) is 0.208. The molecule has 1 atom stereocenters. The number of aryl methyl sites for hydroxylation is 1. The topological polar surface area (TPSA) is 103 Å². The molecule has 0 bridgehead atoms. The lowest BCUT2D eigenvalue weighted by molar-refractivity contribution is 0.0703. The number of rotatable bonds is 6. The third-order valence-corrected chi connectivity index (χ3v) is 7.99. The Bertz CT molecular complexity index is 1410. The van der Waals surface area contributed by atoms with Crippen molar-refractivity contribution < 1.29 is 14.4 Å². The van der Waals surface area contributed by atoms with Gasteiger partial charge in [-0.3, -0.25) is 0 Å². The van der Waals surface area contributed by atoms with Gasteiger partial charge in [-0.2, -0.15) is 10.1 Å². The number of carboxylic acid groups (broad SMARTS) is 1. The molecule has 4 aromatic rings. The highest BCUT2D eigenvalue weighted by atomic mass is 32.2. The molecule has 0 radical (unpaired) electrons. The molecule has 174 valence electrons. The molecule has 0 saturated carbocycles. The second kappa shape index (κ2) is 8.69. The van der Waals surface area contributed by atoms with E-state index in [1.807, 2.05) is 62.5 Å². The number of benzene rings is 2. The van der Waals surface area contributed by atoms with Gasteiger partial charge >= 0.3 is 11.7 Å². The molecule has 10 heteroatoms. The van der Waals surface area contributed by atoms with E-state index >= 15 is 0 Å². The lowest BCUT2D eigenvalue weighted by Crippen LogP contribution is -2.36. The van der Waals surface area contributed by atoms with Gasteiger partial charge in [0.1, 0.15) is 4.88 Å². The number of fused-ring (bicyclic) bond motifs is 1. The molecule has 2 N–H and O–H groups in total. The molecular weight excluding hydrogens is 472 g/mol. The zero-order chi connectivity index (χ0) is 24.0. The van der Waals surface area contributed by atoms with Gasteiger partial charge in [-0.15, -0.1) is 23.1 Å². The Morgan fingerprint density at radius 1 is 1.12 bits per heavy atom. The Hall–Kier alpha value is -3.50. The number of anilines is 3. The van der Waals surface area contributed by atoms with E-state index in [-0.39, 0.29) is 5.50 Å². The SMILES string of the molecule is CCSC1N(C)c2c(C)sc(C(=O)O)c2N1c1ccc(-c2ccc(-c3nc(=O)o[nH]3)cc2)cc1. The van der Waals surface area contributed by atoms with Gasteiger partial charge in [-0.05, 0) is 35.9 Å². The molecule has 0 spiro atoms. The predicted octanol–water partition coefficient (Wildman–Crippen LogP) is 5.39. The molecule has 34 heavy (non-hydrogen) atoms. The zero-order valence-electron chi connectivity index (χ0n) is 18.7. The van der Waals surface area contributed by atoms with Gasteiger partial charge in [0.05, 0.1) is 11.4 Å². The van der Waals surface area contributed by atoms with Crippen LogP contribution in [0.3, 0.4) is 0 Å². The summed E-state index contributed by atoms with van der Waals surface area (Å²) in [5.41, 5.74) is 5.47. The van der Waals surface area contributed by atoms with Crippen LogP contribution in [0.25, 0.3) is 22.5 Å². The number of thioether (sulfide) groups is 1. The molecule has 2 aromatic heterocycles. The van der Waals surface area contributed by atoms with Crippen LogP contribution in [0.1, 0.15) is 21.5 Å². The lowest BCUT2D eigenvalue weighted by atomic mass is 10.0. The van der Waals surface area contributed by atoms with Crippen LogP contribution in [-0.2, 0) is 0 Å². The first-order valence-electron chi connectivity index (χ1n) is 10.7. The maximum absolute atomic E-state index is 12.0. The Morgan fingerprint density at radius 2 is 1.74 bits per heavy atom. The second-order valence-electron chi connectivity index (χ2n) is 7.81. The van der Waals surface area contributed by atoms with E-state index in [0.717, 1.165) is 44.4 Å². The van der Waals surface area contributed by atoms with Crippen molar-refractivity contribution in [3.8, 4) is 22.5 Å². The van der Waals surface area contributed by atoms with E-state index in [1.165, 1.54) is 11.3 Å². The van der Waals surface area contributed by atoms with E-state index < -0.39 is 11.7 Å². The van der Waals surface area contributed by atoms with Gasteiger partial charge in [0, 0.05) is 23.2 Å². The number of thiophene rings is 1. The van der Waals surface area contributed by atoms with Crippen molar-refractivity contribution in [3.63, 3.8) is 0 Å². The highest BCUT2D eigenvalue weighted by Gasteiger charge is 2.41. The van der Waals surface area contributed by atoms with Crippen LogP contribution in [0.15, 0.2) is 57.8 Å². The van der Waals surface area contributed by atoms with Crippen molar-refractivity contribution in [1.82, 2.24) is 10.1 Å². The normalized spacial score (nSPS) is 15.1. The van der Waals surface area contributed by atoms with Crippen LogP contribution in [0.2, 0.25) is 0 Å². The van der Waals surface area contributed by atoms with Crippen molar-refractivity contribution in [2.24, 2.45) is 0 Å². The van der Waals surface area contributed by atoms with Crippen LogP contribution >= 0.6 is 23.1 Å². The number of carboxylic acids is 1. The summed E-state index contributed by atoms with van der Waals surface area (Å²) in [4.78, 5) is 32.6. The first-order valence-corrected chi connectivity index (χ1v) is 12.5. The molecule has 0 aliphatic carbocycles. The van der Waals surface area contributed by atoms with E-state index in [9.17, 15) is 14.7 Å². The summed E-state index contributed by atoms with van der Waals surface area (Å²) >= 11 is 3.09. The van der Waals surface area contributed by atoms with E-state index in [1.54, 1.807) is 11.8 Å². The summed E-state index contributed by atoms with van der Waals surface area (Å²) in [5.74, 6) is -0.264. The summed E-state index contributed by atoms with van der Waals surface area (Å²) in [7, 11) is 2.02. The number of aromatic amines is 1. The summed E-state index contributed by atoms with van der Waals surface area (Å²) < 4.78 is 4.64. The third-order valence-electron chi connectivity index (χ3n) is 5.76. The molecule has 2 aromatic carbocycles. The minimum absolute atomic E-state index is 0.0186. The minimum Gasteiger partial charge on any atom is -0.477 e. The fourth-order valence-corrected chi connectivity index (χ4v) is 6.31. The molecule has 0 amide bonds. The number of H-pyrrole nitrogens is 1. The summed E-state index contributed by atoms with van der Waals surface area (Å²) in [6, 6.07) is 15.8. The standard InChI is InChI=1S/C24H22N4O4S2/c1-4-33-24-27(3)18-13(2)34-20(22(29)30)19(18)28(24)17-11-9-15(10-12-17)14-5-7-16(8-6-14)21-25-23(31)32-26-21/h5-12,24H,4H2,1-3H3,(H,29,30)(H,25,26,31). The molecule has 1 aliphatic heterocycles. The summed E-state index contributed by atoms with van der Waals surface area (Å²) in [6.07, 6.45) is 0. The molecule has 1 aliphatic rings. The van der Waals surface area contributed by atoms with Crippen LogP contribution in [0, 0.1) is 6.92 Å². The maximum atomic E-state index is 12.0. The lowest BCUT2D eigenvalue weighted by Gasteiger charge is -2.31. The van der Waals surface area contributed by atoms with Gasteiger partial charge in [0.25, 0.3) is 0 Å². The van der Waals surface area contributed by atoms with Crippen molar-refractivity contribution in [3.05, 3.63) is 68.8 Å². The van der Waals surface area contributed by atoms with E-state index in [2.05, 4.69) is 31.4 Å². The van der Waals surface area contributed by atoms with E-state index in [4.69, 9.17) is 0 Å². The minimum atomic E-state index is -0.903. The van der Waals surface area contributed by atoms with Gasteiger partial charge in [-0.1, -0.05) is 43.3 Å². The average Bonchev–Trinajstić information content (AvgIpc) is 3.50. The van der Waals surface area contributed by atoms with E-state index in [0.29, 0.717) is 10.7 Å². The van der Waals surface area contributed by atoms with Gasteiger partial charge in [-0.25, -0.2) is 9.59 Å². The molecule has 3 heterocycles. The first-order chi connectivity index (χ1) is 16.4. The number of nitrogens with zero attached hydrogens (tertiary/aromatic N) is 3. The summed E-state index contributed by atoms with van der Waals surface area (Å²) in [6.45, 7) is 4.08. The average molecular weight is 495 g/mol. The van der Waals surface area contributed by atoms with Crippen molar-refractivity contribution in [2.75, 3.05) is 22.6 Å². The van der Waals surface area contributed by atoms with Gasteiger partial charge < -0.3 is 19.4 Å². The number of carbonyl (C=O) groups is 1. The number of nitrogens with one attached hydrogen (secondary N) is 1. The molecule has 5 rings (SSSR count). The number of hydrogen-bond acceptors (Lipinski definition) is 8. The quantitative estimate of drug-likeness (QED) is 0.368. The predicted molar refractivity (Wildman–Crippen MR) is 136 cm³/mol. The van der Waals surface area contributed by atoms with Crippen LogP contribution in [-0.4, -0.2) is 39.5 Å². The number of aromatic carboxylic acids is 1. The fourth-order valence-electron chi connectivity index (χ4n) is 4.28. The van der Waals surface area contributed by atoms with Gasteiger partial charge in [0.2, 0.25) is 0 Å². The third kappa shape index (κ3) is 3.68. The Balaban J connectivity index is 1.49. The summed E-state index contributed by atoms with van der Waals surface area (Å²) in [5, 5.41) is 12.4. The first kappa shape index (κ1) is 22.3. The second-order valence-corrected chi connectivity index (χ2v) is 10.4. The molecule has 1 unspecified atom stereocenters. The number of hydrogen-bond donors (Lipinski definition) is 2. The van der Waals surface area contributed by atoms with Crippen molar-refractivity contribution >= 4 is 46.1 Å². The molecular formula is C24H22N4O4S2. The van der Waals surface area contributed by atoms with Crippen LogP contribution < -0.4 is 15.6 Å². The Kier molecular flexibility index (Phi) is 5.70. The molecule has 0 fully saturated rings. The largest absolute Gasteiger partial charge is 0.477 e. The van der Waals surface area contributed by atoms with Gasteiger partial charge in [0.15, 0.2) is 11.3 Å². The van der Waals surface area contributed by atoms with Crippen molar-refractivity contribution in [1.29, 1.82) is 0 Å². The highest BCUT2D eigenvalue weighted by molar-refractivity contribution is 8.00. The molecule has 0 saturated heterocycles. The number of aromatic nitrogens is 2. The maximum Gasteiger partial charge on any atom is 0.460 e. The van der Waals surface area contributed by atoms with Crippen LogP contribution in [0.5, 0.6) is 0 Å². The smallest absolute Gasteiger partial charge is 0.460 e. The highest BCUT2D eigenvalue weighted by Crippen LogP contribution is 2.53. The van der Waals surface area contributed by atoms with Crippen LogP contribution in [0.4, 0.5) is 17.1 Å².